The molecule has 9 heteroatoms. The smallest absolute Gasteiger partial charge is 0.251 e. The molecule has 0 bridgehead atoms. The van der Waals surface area contributed by atoms with Gasteiger partial charge in [0.15, 0.2) is 0 Å². The Labute approximate surface area is 208 Å². The first-order chi connectivity index (χ1) is 17.6. The van der Waals surface area contributed by atoms with Crippen LogP contribution in [0.5, 0.6) is 0 Å². The zero-order chi connectivity index (χ0) is 24.9. The van der Waals surface area contributed by atoms with E-state index in [1.54, 1.807) is 37.4 Å². The van der Waals surface area contributed by atoms with Crippen LogP contribution >= 0.6 is 0 Å². The Morgan fingerprint density at radius 1 is 1.14 bits per heavy atom. The first kappa shape index (κ1) is 23.9. The largest absolute Gasteiger partial charge is 0.379 e. The highest BCUT2D eigenvalue weighted by Crippen LogP contribution is 2.34. The number of ether oxygens (including phenoxy) is 1. The van der Waals surface area contributed by atoms with Crippen LogP contribution in [0.2, 0.25) is 0 Å². The van der Waals surface area contributed by atoms with E-state index in [0.717, 1.165) is 50.4 Å². The molecule has 1 fully saturated rings. The first-order valence-corrected chi connectivity index (χ1v) is 12.0. The van der Waals surface area contributed by atoms with Crippen LogP contribution in [0, 0.1) is 12.7 Å². The van der Waals surface area contributed by atoms with Gasteiger partial charge in [0.25, 0.3) is 5.91 Å². The molecule has 186 valence electrons. The van der Waals surface area contributed by atoms with Gasteiger partial charge in [-0.3, -0.25) is 9.69 Å². The molecule has 0 unspecified atom stereocenters. The lowest BCUT2D eigenvalue weighted by molar-refractivity contribution is 0.0374. The molecule has 0 aliphatic carbocycles. The zero-order valence-corrected chi connectivity index (χ0v) is 20.1. The molecule has 5 rings (SSSR count). The van der Waals surface area contributed by atoms with Crippen molar-refractivity contribution in [2.24, 2.45) is 0 Å². The summed E-state index contributed by atoms with van der Waals surface area (Å²) in [5.41, 5.74) is 4.05. The summed E-state index contributed by atoms with van der Waals surface area (Å²) in [6.45, 7) is 6.85. The fraction of sp³-hybridized carbons (Fsp3) is 0.296. The molecule has 1 aliphatic rings. The van der Waals surface area contributed by atoms with E-state index in [4.69, 9.17) is 9.26 Å². The predicted octanol–water partition coefficient (Wildman–Crippen LogP) is 4.30. The van der Waals surface area contributed by atoms with Crippen LogP contribution in [-0.2, 0) is 4.74 Å². The second kappa shape index (κ2) is 10.8. The highest BCUT2D eigenvalue weighted by Gasteiger charge is 2.19. The van der Waals surface area contributed by atoms with Crippen molar-refractivity contribution < 1.29 is 18.4 Å². The van der Waals surface area contributed by atoms with Crippen LogP contribution in [0.4, 0.5) is 4.39 Å². The van der Waals surface area contributed by atoms with Crippen molar-refractivity contribution in [2.45, 2.75) is 13.3 Å². The second-order valence-electron chi connectivity index (χ2n) is 8.76. The molecule has 3 heterocycles. The minimum absolute atomic E-state index is 0.0940. The van der Waals surface area contributed by atoms with Crippen molar-refractivity contribution in [3.8, 4) is 33.9 Å². The molecule has 2 aromatic carbocycles. The number of halogens is 1. The molecule has 1 amide bonds. The molecule has 0 spiro atoms. The summed E-state index contributed by atoms with van der Waals surface area (Å²) in [6, 6.07) is 13.5. The number of hydrogen-bond acceptors (Lipinski definition) is 6. The van der Waals surface area contributed by atoms with Crippen LogP contribution in [-0.4, -0.2) is 65.3 Å². The molecule has 0 atom stereocenters. The van der Waals surface area contributed by atoms with Gasteiger partial charge in [-0.05, 0) is 44.2 Å². The number of aromatic amines is 1. The maximum absolute atomic E-state index is 13.8. The average Bonchev–Trinajstić information content (AvgIpc) is 3.54. The van der Waals surface area contributed by atoms with Crippen LogP contribution in [0.25, 0.3) is 33.9 Å². The van der Waals surface area contributed by atoms with Gasteiger partial charge in [-0.25, -0.2) is 9.37 Å². The van der Waals surface area contributed by atoms with Gasteiger partial charge in [-0.15, -0.1) is 0 Å². The van der Waals surface area contributed by atoms with Crippen molar-refractivity contribution >= 4 is 5.91 Å². The molecule has 2 N–H and O–H groups in total. The average molecular weight is 490 g/mol. The Hall–Kier alpha value is -3.82. The molecule has 8 nitrogen and oxygen atoms in total. The number of aromatic nitrogens is 3. The summed E-state index contributed by atoms with van der Waals surface area (Å²) in [6.07, 6.45) is 2.60. The molecule has 0 radical (unpaired) electrons. The minimum Gasteiger partial charge on any atom is -0.379 e. The van der Waals surface area contributed by atoms with Crippen LogP contribution in [0.15, 0.2) is 59.3 Å². The monoisotopic (exact) mass is 489 g/mol. The van der Waals surface area contributed by atoms with Gasteiger partial charge in [-0.1, -0.05) is 29.4 Å². The van der Waals surface area contributed by atoms with E-state index in [2.05, 4.69) is 25.3 Å². The summed E-state index contributed by atoms with van der Waals surface area (Å²) in [4.78, 5) is 22.7. The third-order valence-corrected chi connectivity index (χ3v) is 6.27. The van der Waals surface area contributed by atoms with E-state index in [9.17, 15) is 9.18 Å². The summed E-state index contributed by atoms with van der Waals surface area (Å²) in [7, 11) is 0. The lowest BCUT2D eigenvalue weighted by Gasteiger charge is -2.26. The minimum atomic E-state index is -0.342. The van der Waals surface area contributed by atoms with E-state index in [0.29, 0.717) is 40.6 Å². The number of imidazole rings is 1. The van der Waals surface area contributed by atoms with Gasteiger partial charge in [0.05, 0.1) is 30.7 Å². The number of aryl methyl sites for hydroxylation is 1. The standard InChI is InChI=1S/C27H28FN5O3/c1-18-24(25(32-36-18)21-4-2-5-22(28)16-21)23-17-30-26(31-23)19-6-8-20(9-7-19)27(34)29-10-3-11-33-12-14-35-15-13-33/h2,4-9,16-17H,3,10-15H2,1H3,(H,29,34)(H,30,31). The number of amides is 1. The zero-order valence-electron chi connectivity index (χ0n) is 20.1. The topological polar surface area (TPSA) is 96.3 Å². The van der Waals surface area contributed by atoms with E-state index in [-0.39, 0.29) is 11.7 Å². The molecule has 1 aliphatic heterocycles. The highest BCUT2D eigenvalue weighted by atomic mass is 19.1. The normalized spacial score (nSPS) is 14.2. The summed E-state index contributed by atoms with van der Waals surface area (Å²) >= 11 is 0. The Bertz CT molecular complexity index is 1330. The molecule has 0 saturated carbocycles. The Kier molecular flexibility index (Phi) is 7.20. The summed E-state index contributed by atoms with van der Waals surface area (Å²) in [5, 5.41) is 7.12. The van der Waals surface area contributed by atoms with Gasteiger partial charge >= 0.3 is 0 Å². The number of morpholine rings is 1. The number of benzene rings is 2. The van der Waals surface area contributed by atoms with Crippen molar-refractivity contribution in [1.29, 1.82) is 0 Å². The van der Waals surface area contributed by atoms with E-state index >= 15 is 0 Å². The number of hydrogen-bond donors (Lipinski definition) is 2. The number of nitrogens with zero attached hydrogens (tertiary/aromatic N) is 3. The van der Waals surface area contributed by atoms with Crippen molar-refractivity contribution in [3.63, 3.8) is 0 Å². The van der Waals surface area contributed by atoms with Crippen molar-refractivity contribution in [2.75, 3.05) is 39.4 Å². The fourth-order valence-corrected chi connectivity index (χ4v) is 4.33. The maximum atomic E-state index is 13.8. The van der Waals surface area contributed by atoms with E-state index in [1.165, 1.54) is 12.1 Å². The Balaban J connectivity index is 1.23. The Morgan fingerprint density at radius 2 is 1.94 bits per heavy atom. The SMILES string of the molecule is Cc1onc(-c2cccc(F)c2)c1-c1cnc(-c2ccc(C(=O)NCCCN3CCOCC3)cc2)[nH]1. The maximum Gasteiger partial charge on any atom is 0.251 e. The van der Waals surface area contributed by atoms with E-state index < -0.39 is 0 Å². The second-order valence-corrected chi connectivity index (χ2v) is 8.76. The van der Waals surface area contributed by atoms with Gasteiger partial charge in [0.2, 0.25) is 0 Å². The van der Waals surface area contributed by atoms with Crippen molar-refractivity contribution in [1.82, 2.24) is 25.3 Å². The fourth-order valence-electron chi connectivity index (χ4n) is 4.33. The lowest BCUT2D eigenvalue weighted by atomic mass is 10.0. The van der Waals surface area contributed by atoms with Crippen LogP contribution in [0.3, 0.4) is 0 Å². The molecule has 36 heavy (non-hydrogen) atoms. The quantitative estimate of drug-likeness (QED) is 0.358. The molecule has 2 aromatic heterocycles. The van der Waals surface area contributed by atoms with E-state index in [1.807, 2.05) is 12.1 Å². The van der Waals surface area contributed by atoms with Gasteiger partial charge in [0, 0.05) is 36.3 Å². The van der Waals surface area contributed by atoms with Gasteiger partial charge in [-0.2, -0.15) is 0 Å². The highest BCUT2D eigenvalue weighted by molar-refractivity contribution is 5.94. The summed E-state index contributed by atoms with van der Waals surface area (Å²) < 4.78 is 24.5. The number of H-pyrrole nitrogens is 1. The lowest BCUT2D eigenvalue weighted by Crippen LogP contribution is -2.38. The number of rotatable bonds is 8. The molecular formula is C27H28FN5O3. The van der Waals surface area contributed by atoms with Crippen LogP contribution in [0.1, 0.15) is 22.5 Å². The molecule has 4 aromatic rings. The molecule has 1 saturated heterocycles. The first-order valence-electron chi connectivity index (χ1n) is 12.0. The third kappa shape index (κ3) is 5.37. The number of carbonyl (C=O) groups is 1. The number of nitrogens with one attached hydrogen (secondary N) is 2. The molecular weight excluding hydrogens is 461 g/mol. The Morgan fingerprint density at radius 3 is 2.72 bits per heavy atom. The third-order valence-electron chi connectivity index (χ3n) is 6.27. The number of carbonyl (C=O) groups excluding carboxylic acids is 1. The van der Waals surface area contributed by atoms with Gasteiger partial charge < -0.3 is 19.6 Å². The van der Waals surface area contributed by atoms with Crippen molar-refractivity contribution in [3.05, 3.63) is 71.9 Å². The predicted molar refractivity (Wildman–Crippen MR) is 134 cm³/mol. The van der Waals surface area contributed by atoms with Crippen LogP contribution < -0.4 is 5.32 Å². The van der Waals surface area contributed by atoms with Gasteiger partial charge in [0.1, 0.15) is 23.1 Å². The summed E-state index contributed by atoms with van der Waals surface area (Å²) in [5.74, 6) is 0.812.